The number of nitrogens with one attached hydrogen (secondary N) is 1. The van der Waals surface area contributed by atoms with Crippen molar-refractivity contribution in [1.29, 1.82) is 0 Å². The number of nitrogens with zero attached hydrogens (tertiary/aromatic N) is 4. The van der Waals surface area contributed by atoms with Crippen molar-refractivity contribution in [2.45, 2.75) is 19.9 Å². The minimum Gasteiger partial charge on any atom is -0.360 e. The average Bonchev–Trinajstić information content (AvgIpc) is 2.31. The van der Waals surface area contributed by atoms with Gasteiger partial charge in [-0.3, -0.25) is 9.36 Å². The molecule has 1 N–H and O–H groups in total. The van der Waals surface area contributed by atoms with E-state index in [4.69, 9.17) is 0 Å². The van der Waals surface area contributed by atoms with Crippen LogP contribution < -0.4 is 16.6 Å². The van der Waals surface area contributed by atoms with Gasteiger partial charge in [-0.2, -0.15) is 0 Å². The monoisotopic (exact) mass is 269 g/mol. The highest BCUT2D eigenvalue weighted by Gasteiger charge is 2.18. The molecule has 0 saturated carbocycles. The highest BCUT2D eigenvalue weighted by atomic mass is 16.2. The smallest absolute Gasteiger partial charge is 0.346 e. The third-order valence-electron chi connectivity index (χ3n) is 3.01. The summed E-state index contributed by atoms with van der Waals surface area (Å²) in [7, 11) is 6.93. The highest BCUT2D eigenvalue weighted by Crippen LogP contribution is 2.07. The lowest BCUT2D eigenvalue weighted by molar-refractivity contribution is 0.343. The van der Waals surface area contributed by atoms with Crippen molar-refractivity contribution in [1.82, 2.24) is 19.2 Å². The van der Waals surface area contributed by atoms with Gasteiger partial charge in [0, 0.05) is 26.7 Å². The van der Waals surface area contributed by atoms with Crippen molar-refractivity contribution in [2.24, 2.45) is 20.0 Å². The Hall–Kier alpha value is -1.63. The molecule has 7 nitrogen and oxygen atoms in total. The predicted octanol–water partition coefficient (Wildman–Crippen LogP) is -0.523. The molecule has 108 valence electrons. The van der Waals surface area contributed by atoms with E-state index in [9.17, 15) is 9.59 Å². The van der Waals surface area contributed by atoms with E-state index in [1.807, 2.05) is 19.0 Å². The SMILES string of the molecule is CC(C)C(CN(C)C)Nc1nn(C)c(=O)n(C)c1=O. The van der Waals surface area contributed by atoms with Crippen LogP contribution in [0.25, 0.3) is 0 Å². The fourth-order valence-electron chi connectivity index (χ4n) is 1.78. The van der Waals surface area contributed by atoms with Gasteiger partial charge in [-0.15, -0.1) is 5.10 Å². The van der Waals surface area contributed by atoms with Crippen LogP contribution in [-0.2, 0) is 14.1 Å². The van der Waals surface area contributed by atoms with Crippen molar-refractivity contribution in [3.05, 3.63) is 20.8 Å². The molecule has 0 spiro atoms. The van der Waals surface area contributed by atoms with Gasteiger partial charge in [-0.25, -0.2) is 9.48 Å². The van der Waals surface area contributed by atoms with Crippen LogP contribution in [0.4, 0.5) is 5.82 Å². The summed E-state index contributed by atoms with van der Waals surface area (Å²) in [6.07, 6.45) is 0. The van der Waals surface area contributed by atoms with Gasteiger partial charge in [0.15, 0.2) is 0 Å². The molecule has 0 aliphatic heterocycles. The van der Waals surface area contributed by atoms with E-state index in [1.165, 1.54) is 14.1 Å². The summed E-state index contributed by atoms with van der Waals surface area (Å²) in [5.74, 6) is 0.552. The molecule has 0 fully saturated rings. The standard InChI is InChI=1S/C12H23N5O2/c1-8(2)9(7-15(3)4)13-10-11(18)16(5)12(19)17(6)14-10/h8-9H,7H2,1-6H3,(H,13,14). The van der Waals surface area contributed by atoms with Gasteiger partial charge in [0.05, 0.1) is 0 Å². The molecule has 0 aliphatic carbocycles. The maximum absolute atomic E-state index is 12.0. The van der Waals surface area contributed by atoms with E-state index in [1.54, 1.807) is 0 Å². The number of rotatable bonds is 5. The number of anilines is 1. The summed E-state index contributed by atoms with van der Waals surface area (Å²) in [5, 5.41) is 7.14. The van der Waals surface area contributed by atoms with Gasteiger partial charge in [-0.1, -0.05) is 13.8 Å². The maximum Gasteiger partial charge on any atom is 0.346 e. The lowest BCUT2D eigenvalue weighted by Gasteiger charge is -2.25. The lowest BCUT2D eigenvalue weighted by atomic mass is 10.0. The third-order valence-corrected chi connectivity index (χ3v) is 3.01. The molecule has 1 heterocycles. The predicted molar refractivity (Wildman–Crippen MR) is 75.5 cm³/mol. The van der Waals surface area contributed by atoms with E-state index < -0.39 is 11.2 Å². The van der Waals surface area contributed by atoms with Gasteiger partial charge >= 0.3 is 5.69 Å². The molecule has 0 aliphatic rings. The summed E-state index contributed by atoms with van der Waals surface area (Å²) in [6.45, 7) is 4.94. The van der Waals surface area contributed by atoms with Crippen molar-refractivity contribution >= 4 is 5.82 Å². The molecule has 0 saturated heterocycles. The van der Waals surface area contributed by atoms with Crippen LogP contribution in [0, 0.1) is 5.92 Å². The minimum absolute atomic E-state index is 0.0905. The summed E-state index contributed by atoms with van der Waals surface area (Å²) >= 11 is 0. The second kappa shape index (κ2) is 6.01. The molecular weight excluding hydrogens is 246 g/mol. The normalized spacial score (nSPS) is 13.1. The summed E-state index contributed by atoms with van der Waals surface area (Å²) in [5.41, 5.74) is -0.822. The first-order valence-electron chi connectivity index (χ1n) is 6.29. The van der Waals surface area contributed by atoms with Crippen LogP contribution in [0.2, 0.25) is 0 Å². The Labute approximate surface area is 112 Å². The highest BCUT2D eigenvalue weighted by molar-refractivity contribution is 5.31. The van der Waals surface area contributed by atoms with Crippen molar-refractivity contribution in [3.8, 4) is 0 Å². The quantitative estimate of drug-likeness (QED) is 0.778. The van der Waals surface area contributed by atoms with Crippen molar-refractivity contribution < 1.29 is 0 Å². The summed E-state index contributed by atoms with van der Waals surface area (Å²) < 4.78 is 2.22. The zero-order chi connectivity index (χ0) is 14.7. The third kappa shape index (κ3) is 3.66. The molecule has 0 radical (unpaired) electrons. The van der Waals surface area contributed by atoms with E-state index in [-0.39, 0.29) is 11.9 Å². The largest absolute Gasteiger partial charge is 0.360 e. The number of aromatic nitrogens is 3. The van der Waals surface area contributed by atoms with Gasteiger partial charge in [0.25, 0.3) is 5.56 Å². The number of hydrogen-bond acceptors (Lipinski definition) is 5. The second-order valence-corrected chi connectivity index (χ2v) is 5.38. The molecule has 1 atom stereocenters. The summed E-state index contributed by atoms with van der Waals surface area (Å²) in [4.78, 5) is 25.6. The van der Waals surface area contributed by atoms with E-state index >= 15 is 0 Å². The molecule has 7 heteroatoms. The van der Waals surface area contributed by atoms with Gasteiger partial charge in [0.2, 0.25) is 5.82 Å². The molecular formula is C12H23N5O2. The van der Waals surface area contributed by atoms with Gasteiger partial charge in [0.1, 0.15) is 0 Å². The lowest BCUT2D eigenvalue weighted by Crippen LogP contribution is -2.43. The topological polar surface area (TPSA) is 72.2 Å². The maximum atomic E-state index is 12.0. The molecule has 19 heavy (non-hydrogen) atoms. The number of likely N-dealkylation sites (N-methyl/N-ethyl adjacent to an activating group) is 1. The minimum atomic E-state index is -0.427. The fourth-order valence-corrected chi connectivity index (χ4v) is 1.78. The molecule has 1 unspecified atom stereocenters. The first kappa shape index (κ1) is 15.4. The van der Waals surface area contributed by atoms with Crippen LogP contribution in [0.15, 0.2) is 9.59 Å². The summed E-state index contributed by atoms with van der Waals surface area (Å²) in [6, 6.07) is 0.0905. The zero-order valence-electron chi connectivity index (χ0n) is 12.5. The fraction of sp³-hybridized carbons (Fsp3) is 0.750. The first-order valence-corrected chi connectivity index (χ1v) is 6.29. The van der Waals surface area contributed by atoms with Crippen molar-refractivity contribution in [3.63, 3.8) is 0 Å². The van der Waals surface area contributed by atoms with Crippen LogP contribution in [0.3, 0.4) is 0 Å². The number of aryl methyl sites for hydroxylation is 1. The Morgan fingerprint density at radius 1 is 1.26 bits per heavy atom. The van der Waals surface area contributed by atoms with Gasteiger partial charge in [-0.05, 0) is 20.0 Å². The first-order chi connectivity index (χ1) is 8.73. The average molecular weight is 269 g/mol. The van der Waals surface area contributed by atoms with Crippen LogP contribution in [-0.4, -0.2) is 45.9 Å². The van der Waals surface area contributed by atoms with E-state index in [0.717, 1.165) is 15.8 Å². The van der Waals surface area contributed by atoms with Crippen LogP contribution in [0.5, 0.6) is 0 Å². The Morgan fingerprint density at radius 2 is 1.84 bits per heavy atom. The Balaban J connectivity index is 3.10. The van der Waals surface area contributed by atoms with E-state index in [2.05, 4.69) is 24.3 Å². The Kier molecular flexibility index (Phi) is 4.88. The van der Waals surface area contributed by atoms with Crippen molar-refractivity contribution in [2.75, 3.05) is 26.0 Å². The Morgan fingerprint density at radius 3 is 2.32 bits per heavy atom. The molecule has 0 bridgehead atoms. The Bertz CT molecular complexity index is 544. The second-order valence-electron chi connectivity index (χ2n) is 5.38. The molecule has 1 aromatic heterocycles. The van der Waals surface area contributed by atoms with Gasteiger partial charge < -0.3 is 10.2 Å². The van der Waals surface area contributed by atoms with E-state index in [0.29, 0.717) is 5.92 Å². The zero-order valence-corrected chi connectivity index (χ0v) is 12.5. The number of hydrogen-bond donors (Lipinski definition) is 1. The van der Waals surface area contributed by atoms with Crippen LogP contribution in [0.1, 0.15) is 13.8 Å². The molecule has 0 aromatic carbocycles. The van der Waals surface area contributed by atoms with Crippen LogP contribution >= 0.6 is 0 Å². The molecule has 0 amide bonds. The molecule has 1 aromatic rings. The molecule has 1 rings (SSSR count).